The van der Waals surface area contributed by atoms with Crippen LogP contribution in [-0.4, -0.2) is 18.3 Å². The zero-order valence-corrected chi connectivity index (χ0v) is 5.83. The standard InChI is InChI=1S/C5H13NS/c1-3-6-5(2)4-7/h5-7H,3-4H2,1-2H3. The maximum absolute atomic E-state index is 4.09. The van der Waals surface area contributed by atoms with Gasteiger partial charge in [0.15, 0.2) is 0 Å². The van der Waals surface area contributed by atoms with Crippen molar-refractivity contribution in [2.24, 2.45) is 0 Å². The van der Waals surface area contributed by atoms with Crippen molar-refractivity contribution >= 4 is 12.6 Å². The number of hydrogen-bond acceptors (Lipinski definition) is 2. The van der Waals surface area contributed by atoms with E-state index in [1.54, 1.807) is 0 Å². The number of nitrogens with one attached hydrogen (secondary N) is 1. The molecule has 0 aromatic rings. The monoisotopic (exact) mass is 119 g/mol. The summed E-state index contributed by atoms with van der Waals surface area (Å²) in [6.45, 7) is 5.26. The van der Waals surface area contributed by atoms with Crippen LogP contribution in [0.25, 0.3) is 0 Å². The highest BCUT2D eigenvalue weighted by atomic mass is 32.1. The number of hydrogen-bond donors (Lipinski definition) is 2. The first kappa shape index (κ1) is 7.31. The van der Waals surface area contributed by atoms with E-state index in [9.17, 15) is 0 Å². The fraction of sp³-hybridized carbons (Fsp3) is 1.00. The van der Waals surface area contributed by atoms with Gasteiger partial charge < -0.3 is 5.32 Å². The summed E-state index contributed by atoms with van der Waals surface area (Å²) in [6, 6.07) is 0.563. The third kappa shape index (κ3) is 4.16. The summed E-state index contributed by atoms with van der Waals surface area (Å²) in [5.41, 5.74) is 0. The Bertz CT molecular complexity index is 39.1. The van der Waals surface area contributed by atoms with Crippen LogP contribution in [0.15, 0.2) is 0 Å². The largest absolute Gasteiger partial charge is 0.314 e. The van der Waals surface area contributed by atoms with Crippen LogP contribution in [0.1, 0.15) is 13.8 Å². The van der Waals surface area contributed by atoms with Gasteiger partial charge in [0.05, 0.1) is 0 Å². The molecule has 0 heterocycles. The van der Waals surface area contributed by atoms with Crippen LogP contribution in [0.2, 0.25) is 0 Å². The van der Waals surface area contributed by atoms with Crippen LogP contribution < -0.4 is 5.32 Å². The molecule has 0 aliphatic carbocycles. The molecule has 1 nitrogen and oxygen atoms in total. The van der Waals surface area contributed by atoms with E-state index in [4.69, 9.17) is 0 Å². The average molecular weight is 119 g/mol. The van der Waals surface area contributed by atoms with Gasteiger partial charge >= 0.3 is 0 Å². The molecule has 0 aliphatic heterocycles. The van der Waals surface area contributed by atoms with Crippen LogP contribution in [0.5, 0.6) is 0 Å². The molecule has 2 heteroatoms. The highest BCUT2D eigenvalue weighted by Gasteiger charge is 1.90. The molecule has 0 aliphatic rings. The quantitative estimate of drug-likeness (QED) is 0.526. The Labute approximate surface area is 50.9 Å². The lowest BCUT2D eigenvalue weighted by molar-refractivity contribution is 0.621. The summed E-state index contributed by atoms with van der Waals surface area (Å²) in [7, 11) is 0. The minimum Gasteiger partial charge on any atom is -0.314 e. The molecule has 0 rings (SSSR count). The topological polar surface area (TPSA) is 12.0 Å². The molecule has 7 heavy (non-hydrogen) atoms. The zero-order valence-electron chi connectivity index (χ0n) is 4.94. The number of thiol groups is 1. The predicted molar refractivity (Wildman–Crippen MR) is 37.0 cm³/mol. The first-order valence-corrected chi connectivity index (χ1v) is 3.28. The summed E-state index contributed by atoms with van der Waals surface area (Å²) in [5, 5.41) is 3.22. The molecule has 1 atom stereocenters. The fourth-order valence-electron chi connectivity index (χ4n) is 0.413. The minimum absolute atomic E-state index is 0.563. The lowest BCUT2D eigenvalue weighted by Gasteiger charge is -2.05. The van der Waals surface area contributed by atoms with Crippen molar-refractivity contribution in [3.05, 3.63) is 0 Å². The van der Waals surface area contributed by atoms with Crippen molar-refractivity contribution in [2.45, 2.75) is 19.9 Å². The Morgan fingerprint density at radius 1 is 1.71 bits per heavy atom. The van der Waals surface area contributed by atoms with E-state index in [0.29, 0.717) is 6.04 Å². The van der Waals surface area contributed by atoms with Gasteiger partial charge in [0, 0.05) is 11.8 Å². The Balaban J connectivity index is 2.83. The van der Waals surface area contributed by atoms with Crippen LogP contribution >= 0.6 is 12.6 Å². The Hall–Kier alpha value is 0.310. The van der Waals surface area contributed by atoms with Gasteiger partial charge in [0.2, 0.25) is 0 Å². The van der Waals surface area contributed by atoms with Gasteiger partial charge in [-0.1, -0.05) is 6.92 Å². The van der Waals surface area contributed by atoms with E-state index < -0.39 is 0 Å². The molecule has 0 spiro atoms. The Morgan fingerprint density at radius 2 is 2.29 bits per heavy atom. The molecular weight excluding hydrogens is 106 g/mol. The molecular formula is C5H13NS. The van der Waals surface area contributed by atoms with Crippen molar-refractivity contribution in [3.8, 4) is 0 Å². The second kappa shape index (κ2) is 4.47. The molecule has 0 amide bonds. The van der Waals surface area contributed by atoms with Gasteiger partial charge in [-0.2, -0.15) is 12.6 Å². The lowest BCUT2D eigenvalue weighted by atomic mass is 10.4. The summed E-state index contributed by atoms with van der Waals surface area (Å²) in [5.74, 6) is 0.924. The maximum atomic E-state index is 4.09. The van der Waals surface area contributed by atoms with E-state index in [2.05, 4.69) is 31.8 Å². The van der Waals surface area contributed by atoms with Gasteiger partial charge in [0.25, 0.3) is 0 Å². The van der Waals surface area contributed by atoms with E-state index in [0.717, 1.165) is 12.3 Å². The average Bonchev–Trinajstić information content (AvgIpc) is 1.68. The molecule has 1 unspecified atom stereocenters. The maximum Gasteiger partial charge on any atom is 0.0127 e. The zero-order chi connectivity index (χ0) is 5.70. The van der Waals surface area contributed by atoms with Crippen LogP contribution in [0.3, 0.4) is 0 Å². The smallest absolute Gasteiger partial charge is 0.0127 e. The van der Waals surface area contributed by atoms with Crippen molar-refractivity contribution in [2.75, 3.05) is 12.3 Å². The highest BCUT2D eigenvalue weighted by Crippen LogP contribution is 1.81. The van der Waals surface area contributed by atoms with Gasteiger partial charge in [-0.05, 0) is 13.5 Å². The lowest BCUT2D eigenvalue weighted by Crippen LogP contribution is -2.26. The SMILES string of the molecule is CCNC(C)CS. The third-order valence-electron chi connectivity index (χ3n) is 0.826. The first-order valence-electron chi connectivity index (χ1n) is 2.65. The predicted octanol–water partition coefficient (Wildman–Crippen LogP) is 0.914. The van der Waals surface area contributed by atoms with Gasteiger partial charge in [-0.25, -0.2) is 0 Å². The second-order valence-electron chi connectivity index (χ2n) is 1.64. The van der Waals surface area contributed by atoms with Crippen molar-refractivity contribution in [3.63, 3.8) is 0 Å². The molecule has 0 radical (unpaired) electrons. The minimum atomic E-state index is 0.563. The van der Waals surface area contributed by atoms with Crippen LogP contribution in [0, 0.1) is 0 Å². The van der Waals surface area contributed by atoms with Crippen molar-refractivity contribution in [1.29, 1.82) is 0 Å². The Morgan fingerprint density at radius 3 is 2.43 bits per heavy atom. The molecule has 0 aromatic carbocycles. The second-order valence-corrected chi connectivity index (χ2v) is 2.01. The summed E-state index contributed by atoms with van der Waals surface area (Å²) < 4.78 is 0. The van der Waals surface area contributed by atoms with E-state index in [-0.39, 0.29) is 0 Å². The molecule has 0 saturated heterocycles. The van der Waals surface area contributed by atoms with Gasteiger partial charge in [-0.15, -0.1) is 0 Å². The molecule has 0 fully saturated rings. The summed E-state index contributed by atoms with van der Waals surface area (Å²) in [6.07, 6.45) is 0. The normalized spacial score (nSPS) is 14.1. The third-order valence-corrected chi connectivity index (χ3v) is 1.37. The van der Waals surface area contributed by atoms with Crippen molar-refractivity contribution in [1.82, 2.24) is 5.32 Å². The Kier molecular flexibility index (Phi) is 4.67. The van der Waals surface area contributed by atoms with Crippen LogP contribution in [-0.2, 0) is 0 Å². The van der Waals surface area contributed by atoms with Gasteiger partial charge in [0.1, 0.15) is 0 Å². The van der Waals surface area contributed by atoms with E-state index in [1.807, 2.05) is 0 Å². The molecule has 44 valence electrons. The molecule has 0 aromatic heterocycles. The fourth-order valence-corrected chi connectivity index (χ4v) is 0.542. The molecule has 0 saturated carbocycles. The first-order chi connectivity index (χ1) is 3.31. The highest BCUT2D eigenvalue weighted by molar-refractivity contribution is 7.80. The van der Waals surface area contributed by atoms with Gasteiger partial charge in [-0.3, -0.25) is 0 Å². The summed E-state index contributed by atoms with van der Waals surface area (Å²) in [4.78, 5) is 0. The van der Waals surface area contributed by atoms with Crippen LogP contribution in [0.4, 0.5) is 0 Å². The van der Waals surface area contributed by atoms with Crippen molar-refractivity contribution < 1.29 is 0 Å². The van der Waals surface area contributed by atoms with E-state index >= 15 is 0 Å². The molecule has 1 N–H and O–H groups in total. The molecule has 0 bridgehead atoms. The summed E-state index contributed by atoms with van der Waals surface area (Å²) >= 11 is 4.09. The number of rotatable bonds is 3. The van der Waals surface area contributed by atoms with E-state index in [1.165, 1.54) is 0 Å².